The highest BCUT2D eigenvalue weighted by molar-refractivity contribution is 6.12. The zero-order valence-electron chi connectivity index (χ0n) is 37.5. The third-order valence-corrected chi connectivity index (χ3v) is 11.0. The maximum Gasteiger partial charge on any atom is 0.0671 e. The molecule has 0 spiro atoms. The van der Waals surface area contributed by atoms with Crippen LogP contribution in [0.2, 0.25) is 0 Å². The number of fused-ring (bicyclic) bond motifs is 3. The molecule has 0 saturated heterocycles. The van der Waals surface area contributed by atoms with Gasteiger partial charge < -0.3 is 15.6 Å². The second-order valence-electron chi connectivity index (χ2n) is 15.4. The lowest BCUT2D eigenvalue weighted by Gasteiger charge is -2.14. The molecule has 4 heteroatoms. The van der Waals surface area contributed by atoms with Crippen molar-refractivity contribution in [3.63, 3.8) is 0 Å². The Morgan fingerprint density at radius 1 is 0.600 bits per heavy atom. The van der Waals surface area contributed by atoms with Crippen LogP contribution < -0.4 is 11.1 Å². The predicted molar refractivity (Wildman–Crippen MR) is 284 cm³/mol. The summed E-state index contributed by atoms with van der Waals surface area (Å²) in [5, 5.41) is 6.12. The maximum atomic E-state index is 6.77. The number of para-hydroxylation sites is 2. The van der Waals surface area contributed by atoms with Gasteiger partial charge in [-0.1, -0.05) is 189 Å². The van der Waals surface area contributed by atoms with Gasteiger partial charge in [-0.15, -0.1) is 0 Å². The van der Waals surface area contributed by atoms with E-state index in [1.807, 2.05) is 87.6 Å². The fourth-order valence-corrected chi connectivity index (χ4v) is 7.77. The Morgan fingerprint density at radius 2 is 1.20 bits per heavy atom. The van der Waals surface area contributed by atoms with Crippen LogP contribution in [0.25, 0.3) is 61.5 Å². The Kier molecular flexibility index (Phi) is 15.3. The Morgan fingerprint density at radius 3 is 1.88 bits per heavy atom. The number of aromatic nitrogens is 1. The molecule has 320 valence electrons. The lowest BCUT2D eigenvalue weighted by Crippen LogP contribution is -2.05. The molecule has 0 unspecified atom stereocenters. The first-order chi connectivity index (χ1) is 31.9. The van der Waals surface area contributed by atoms with Gasteiger partial charge in [0.25, 0.3) is 0 Å². The summed E-state index contributed by atoms with van der Waals surface area (Å²) >= 11 is 0. The molecule has 0 radical (unpaired) electrons. The van der Waals surface area contributed by atoms with Crippen molar-refractivity contribution in [1.82, 2.24) is 4.57 Å². The van der Waals surface area contributed by atoms with Gasteiger partial charge in [-0.2, -0.15) is 0 Å². The van der Waals surface area contributed by atoms with E-state index in [1.165, 1.54) is 27.4 Å². The summed E-state index contributed by atoms with van der Waals surface area (Å²) in [6.07, 6.45) is 19.7. The van der Waals surface area contributed by atoms with E-state index >= 15 is 0 Å². The first kappa shape index (κ1) is 44.8. The number of nitrogens with zero attached hydrogens (tertiary/aromatic N) is 2. The molecule has 0 aliphatic carbocycles. The third kappa shape index (κ3) is 11.1. The fourth-order valence-electron chi connectivity index (χ4n) is 7.77. The van der Waals surface area contributed by atoms with Gasteiger partial charge in [0.1, 0.15) is 0 Å². The molecule has 8 rings (SSSR count). The summed E-state index contributed by atoms with van der Waals surface area (Å²) < 4.78 is 2.34. The standard InChI is InChI=1S/C55H46N4.C6H10/c1-4-15-39(16-5-2)38-57-52(37-51(56)43-26-24-42(25-27-43)41-17-9-7-10-18-41)44-29-32-47(33-30-44)58-53-36-46(28-23-40(53)6-3)45-31-34-55-50(35-45)49-21-13-14-22-54(49)59(55)48-19-11-8-12-20-48;1-3-5-6-4-2/h4-37,58H,1,3,38,56H2,2H3;3-6H,1-2H3/b16-5-,39-15+,51-37-,57-52?;5-3-,6-4-. The smallest absolute Gasteiger partial charge is 0.0671 e. The van der Waals surface area contributed by atoms with Crippen molar-refractivity contribution in [2.45, 2.75) is 20.8 Å². The molecule has 4 nitrogen and oxygen atoms in total. The first-order valence-electron chi connectivity index (χ1n) is 22.0. The SMILES string of the molecule is C/C=C\C=C/C.C=C/C=C(\C=C/C)CN=C(/C=C(\N)c1ccc(-c2ccccc2)cc1)c1ccc(Nc2cc(-c3ccc4c(c3)c3ccccc3n4-c3ccccc3)ccc2C=C)cc1. The van der Waals surface area contributed by atoms with Crippen LogP contribution in [0.5, 0.6) is 0 Å². The fraction of sp³-hybridized carbons (Fsp3) is 0.0656. The normalized spacial score (nSPS) is 12.3. The zero-order valence-corrected chi connectivity index (χ0v) is 37.5. The van der Waals surface area contributed by atoms with Crippen molar-refractivity contribution in [2.24, 2.45) is 10.7 Å². The van der Waals surface area contributed by atoms with Crippen LogP contribution in [0.1, 0.15) is 37.5 Å². The number of hydrogen-bond donors (Lipinski definition) is 2. The number of nitrogens with two attached hydrogens (primary N) is 1. The number of allylic oxidation sites excluding steroid dienone is 8. The minimum Gasteiger partial charge on any atom is -0.398 e. The average Bonchev–Trinajstić information content (AvgIpc) is 3.69. The van der Waals surface area contributed by atoms with E-state index in [-0.39, 0.29) is 0 Å². The van der Waals surface area contributed by atoms with Gasteiger partial charge in [0, 0.05) is 33.5 Å². The molecule has 3 N–H and O–H groups in total. The van der Waals surface area contributed by atoms with E-state index in [4.69, 9.17) is 10.7 Å². The van der Waals surface area contributed by atoms with Crippen LogP contribution in [-0.4, -0.2) is 16.8 Å². The van der Waals surface area contributed by atoms with Crippen LogP contribution in [-0.2, 0) is 0 Å². The second kappa shape index (κ2) is 22.2. The predicted octanol–water partition coefficient (Wildman–Crippen LogP) is 16.1. The Balaban J connectivity index is 0.000000984. The Labute approximate surface area is 384 Å². The van der Waals surface area contributed by atoms with Gasteiger partial charge in [-0.3, -0.25) is 4.99 Å². The molecule has 1 aromatic heterocycles. The van der Waals surface area contributed by atoms with Crippen LogP contribution >= 0.6 is 0 Å². The van der Waals surface area contributed by atoms with Gasteiger partial charge >= 0.3 is 0 Å². The van der Waals surface area contributed by atoms with Crippen LogP contribution in [0, 0.1) is 0 Å². The lowest BCUT2D eigenvalue weighted by molar-refractivity contribution is 1.18. The van der Waals surface area contributed by atoms with E-state index in [9.17, 15) is 0 Å². The average molecular weight is 845 g/mol. The number of aliphatic imine (C=N–C) groups is 1. The highest BCUT2D eigenvalue weighted by atomic mass is 15.0. The molecular weight excluding hydrogens is 789 g/mol. The first-order valence-corrected chi connectivity index (χ1v) is 22.0. The number of rotatable bonds is 14. The molecule has 0 atom stereocenters. The van der Waals surface area contributed by atoms with Gasteiger partial charge in [0.05, 0.1) is 23.3 Å². The van der Waals surface area contributed by atoms with E-state index in [1.54, 1.807) is 6.08 Å². The molecule has 1 heterocycles. The molecule has 7 aromatic carbocycles. The lowest BCUT2D eigenvalue weighted by atomic mass is 10.00. The minimum absolute atomic E-state index is 0.483. The van der Waals surface area contributed by atoms with E-state index in [2.05, 4.69) is 181 Å². The van der Waals surface area contributed by atoms with Gasteiger partial charge in [0.2, 0.25) is 0 Å². The Bertz CT molecular complexity index is 3050. The zero-order chi connectivity index (χ0) is 45.4. The summed E-state index contributed by atoms with van der Waals surface area (Å²) in [6.45, 7) is 14.5. The quantitative estimate of drug-likeness (QED) is 0.0846. The van der Waals surface area contributed by atoms with Gasteiger partial charge in [0.15, 0.2) is 0 Å². The van der Waals surface area contributed by atoms with E-state index in [0.29, 0.717) is 12.2 Å². The third-order valence-electron chi connectivity index (χ3n) is 11.0. The molecule has 0 aliphatic rings. The molecule has 65 heavy (non-hydrogen) atoms. The topological polar surface area (TPSA) is 55.3 Å². The van der Waals surface area contributed by atoms with E-state index < -0.39 is 0 Å². The molecule has 0 amide bonds. The molecular formula is C61H56N4. The van der Waals surface area contributed by atoms with Gasteiger partial charge in [-0.05, 0) is 120 Å². The van der Waals surface area contributed by atoms with Crippen molar-refractivity contribution < 1.29 is 0 Å². The van der Waals surface area contributed by atoms with Crippen molar-refractivity contribution in [3.05, 3.63) is 260 Å². The summed E-state index contributed by atoms with van der Waals surface area (Å²) in [7, 11) is 0. The summed E-state index contributed by atoms with van der Waals surface area (Å²) in [6, 6.07) is 59.5. The molecule has 0 fully saturated rings. The largest absolute Gasteiger partial charge is 0.398 e. The van der Waals surface area contributed by atoms with Crippen LogP contribution in [0.3, 0.4) is 0 Å². The molecule has 0 saturated carbocycles. The number of hydrogen-bond acceptors (Lipinski definition) is 3. The van der Waals surface area contributed by atoms with Crippen LogP contribution in [0.4, 0.5) is 11.4 Å². The summed E-state index contributed by atoms with van der Waals surface area (Å²) in [5.74, 6) is 0. The van der Waals surface area contributed by atoms with Gasteiger partial charge in [-0.25, -0.2) is 0 Å². The van der Waals surface area contributed by atoms with Crippen molar-refractivity contribution in [1.29, 1.82) is 0 Å². The molecule has 0 bridgehead atoms. The Hall–Kier alpha value is -8.21. The summed E-state index contributed by atoms with van der Waals surface area (Å²) in [5.41, 5.74) is 22.2. The van der Waals surface area contributed by atoms with Crippen molar-refractivity contribution in [3.8, 4) is 27.9 Å². The van der Waals surface area contributed by atoms with E-state index in [0.717, 1.165) is 61.7 Å². The monoisotopic (exact) mass is 844 g/mol. The number of anilines is 2. The van der Waals surface area contributed by atoms with Crippen molar-refractivity contribution >= 4 is 50.7 Å². The maximum absolute atomic E-state index is 6.77. The molecule has 8 aromatic rings. The minimum atomic E-state index is 0.483. The highest BCUT2D eigenvalue weighted by Crippen LogP contribution is 2.36. The molecule has 0 aliphatic heterocycles. The highest BCUT2D eigenvalue weighted by Gasteiger charge is 2.14. The summed E-state index contributed by atoms with van der Waals surface area (Å²) in [4.78, 5) is 5.07. The number of nitrogens with one attached hydrogen (secondary N) is 1. The van der Waals surface area contributed by atoms with Crippen molar-refractivity contribution in [2.75, 3.05) is 11.9 Å². The second-order valence-corrected chi connectivity index (χ2v) is 15.4. The number of benzene rings is 7. The van der Waals surface area contributed by atoms with Crippen LogP contribution in [0.15, 0.2) is 248 Å².